The molecule has 1 amide bonds. The van der Waals surface area contributed by atoms with Crippen LogP contribution in [0.5, 0.6) is 5.75 Å². The highest BCUT2D eigenvalue weighted by molar-refractivity contribution is 6.20. The number of ether oxygens (including phenoxy) is 1. The third kappa shape index (κ3) is 3.63. The van der Waals surface area contributed by atoms with E-state index in [0.29, 0.717) is 17.0 Å². The second kappa shape index (κ2) is 8.12. The van der Waals surface area contributed by atoms with Crippen LogP contribution in [0.15, 0.2) is 52.6 Å². The van der Waals surface area contributed by atoms with E-state index in [4.69, 9.17) is 9.15 Å². The average molecular weight is 486 g/mol. The van der Waals surface area contributed by atoms with Crippen molar-refractivity contribution in [3.8, 4) is 5.75 Å². The lowest BCUT2D eigenvalue weighted by Crippen LogP contribution is -2.54. The number of ketones is 1. The third-order valence-electron chi connectivity index (χ3n) is 6.28. The Bertz CT molecular complexity index is 1370. The molecule has 11 heteroatoms. The Balaban J connectivity index is 1.61. The van der Waals surface area contributed by atoms with Crippen molar-refractivity contribution in [2.75, 3.05) is 7.11 Å². The van der Waals surface area contributed by atoms with Gasteiger partial charge in [0, 0.05) is 5.70 Å². The van der Waals surface area contributed by atoms with Gasteiger partial charge in [0.2, 0.25) is 5.89 Å². The molecule has 0 bridgehead atoms. The molecular formula is C24H21F3N4O4. The van der Waals surface area contributed by atoms with Crippen LogP contribution < -0.4 is 15.5 Å². The summed E-state index contributed by atoms with van der Waals surface area (Å²) < 4.78 is 53.1. The second-order valence-corrected chi connectivity index (χ2v) is 8.42. The van der Waals surface area contributed by atoms with Gasteiger partial charge in [-0.25, -0.2) is 15.4 Å². The predicted molar refractivity (Wildman–Crippen MR) is 119 cm³/mol. The molecule has 35 heavy (non-hydrogen) atoms. The van der Waals surface area contributed by atoms with E-state index < -0.39 is 30.2 Å². The van der Waals surface area contributed by atoms with Crippen LogP contribution in [0.4, 0.5) is 13.2 Å². The first kappa shape index (κ1) is 22.9. The Morgan fingerprint density at radius 3 is 2.51 bits per heavy atom. The lowest BCUT2D eigenvalue weighted by molar-refractivity contribution is -0.161. The van der Waals surface area contributed by atoms with Crippen LogP contribution in [0.2, 0.25) is 0 Å². The Hall–Kier alpha value is -3.86. The number of nitrogens with one attached hydrogen (secondary N) is 2. The maximum Gasteiger partial charge on any atom is 0.406 e. The van der Waals surface area contributed by atoms with E-state index in [2.05, 4.69) is 15.7 Å². The lowest BCUT2D eigenvalue weighted by atomic mass is 9.89. The number of amides is 1. The molecule has 3 aromatic rings. The van der Waals surface area contributed by atoms with Gasteiger partial charge in [-0.05, 0) is 31.5 Å². The largest absolute Gasteiger partial charge is 0.494 e. The Labute approximate surface area is 197 Å². The van der Waals surface area contributed by atoms with Gasteiger partial charge in [-0.2, -0.15) is 13.2 Å². The van der Waals surface area contributed by atoms with Gasteiger partial charge in [0.15, 0.2) is 16.9 Å². The number of aromatic nitrogens is 1. The summed E-state index contributed by atoms with van der Waals surface area (Å²) in [5.74, 6) is -1.90. The minimum Gasteiger partial charge on any atom is -0.494 e. The van der Waals surface area contributed by atoms with Gasteiger partial charge in [0.1, 0.15) is 23.5 Å². The number of hydrogen-bond donors (Lipinski definition) is 2. The molecule has 1 fully saturated rings. The molecule has 2 N–H and O–H groups in total. The molecule has 182 valence electrons. The molecule has 3 atom stereocenters. The fourth-order valence-electron chi connectivity index (χ4n) is 4.68. The van der Waals surface area contributed by atoms with Gasteiger partial charge in [-0.3, -0.25) is 9.59 Å². The summed E-state index contributed by atoms with van der Waals surface area (Å²) >= 11 is 0. The van der Waals surface area contributed by atoms with Crippen LogP contribution in [0.3, 0.4) is 0 Å². The standard InChI is InChI=1S/C24H21F3N4O4/c1-11-16(22-29-18-15(34-3)10-9-14(12(2)32)19(18)35-22)23(33)31-21(28-11)17(13-7-5-4-6-8-13)20(30-31)24(25,26)27/h4-10,17,20-21,28,30H,1-3H3. The molecule has 1 aromatic heterocycles. The second-order valence-electron chi connectivity index (χ2n) is 8.42. The number of hydrogen-bond acceptors (Lipinski definition) is 7. The van der Waals surface area contributed by atoms with Crippen LogP contribution in [-0.2, 0) is 4.79 Å². The summed E-state index contributed by atoms with van der Waals surface area (Å²) in [7, 11) is 1.42. The Kier molecular flexibility index (Phi) is 5.32. The summed E-state index contributed by atoms with van der Waals surface area (Å²) in [6.45, 7) is 2.94. The Morgan fingerprint density at radius 2 is 1.89 bits per heavy atom. The predicted octanol–water partition coefficient (Wildman–Crippen LogP) is 3.76. The maximum absolute atomic E-state index is 14.0. The van der Waals surface area contributed by atoms with Gasteiger partial charge in [-0.1, -0.05) is 30.3 Å². The van der Waals surface area contributed by atoms with E-state index in [9.17, 15) is 22.8 Å². The number of fused-ring (bicyclic) bond motifs is 2. The van der Waals surface area contributed by atoms with Gasteiger partial charge < -0.3 is 14.5 Å². The molecule has 3 heterocycles. The highest BCUT2D eigenvalue weighted by Crippen LogP contribution is 2.43. The molecule has 0 spiro atoms. The molecular weight excluding hydrogens is 465 g/mol. The summed E-state index contributed by atoms with van der Waals surface area (Å²) in [6, 6.07) is 9.32. The summed E-state index contributed by atoms with van der Waals surface area (Å²) in [6.07, 6.45) is -5.61. The highest BCUT2D eigenvalue weighted by Gasteiger charge is 2.58. The van der Waals surface area contributed by atoms with Crippen LogP contribution in [0.25, 0.3) is 16.7 Å². The quantitative estimate of drug-likeness (QED) is 0.542. The number of oxazole rings is 1. The molecule has 5 rings (SSSR count). The lowest BCUT2D eigenvalue weighted by Gasteiger charge is -2.34. The van der Waals surface area contributed by atoms with Crippen molar-refractivity contribution in [2.24, 2.45) is 0 Å². The number of rotatable bonds is 4. The summed E-state index contributed by atoms with van der Waals surface area (Å²) in [5, 5.41) is 3.98. The topological polar surface area (TPSA) is 96.7 Å². The number of methoxy groups -OCH3 is 1. The SMILES string of the molecule is COc1ccc(C(C)=O)c2oc(C3=C(C)NC4C(c5ccccc5)C(C(F)(F)F)NN4C3=O)nc12. The van der Waals surface area contributed by atoms with Crippen LogP contribution in [0, 0.1) is 0 Å². The molecule has 2 aliphatic rings. The molecule has 8 nitrogen and oxygen atoms in total. The van der Waals surface area contributed by atoms with E-state index in [1.54, 1.807) is 43.3 Å². The smallest absolute Gasteiger partial charge is 0.406 e. The number of carbonyl (C=O) groups excluding carboxylic acids is 2. The number of alkyl halides is 3. The van der Waals surface area contributed by atoms with Crippen molar-refractivity contribution in [3.05, 3.63) is 65.2 Å². The zero-order valence-electron chi connectivity index (χ0n) is 18.9. The fraction of sp³-hybridized carbons (Fsp3) is 0.292. The van der Waals surface area contributed by atoms with Gasteiger partial charge in [0.25, 0.3) is 5.91 Å². The summed E-state index contributed by atoms with van der Waals surface area (Å²) in [4.78, 5) is 30.0. The first-order valence-electron chi connectivity index (χ1n) is 10.8. The average Bonchev–Trinajstić information content (AvgIpc) is 3.41. The zero-order chi connectivity index (χ0) is 25.1. The number of Topliss-reactive ketones (excluding diaryl/α,β-unsaturated/α-hetero) is 1. The molecule has 1 saturated heterocycles. The summed E-state index contributed by atoms with van der Waals surface area (Å²) in [5.41, 5.74) is 3.65. The van der Waals surface area contributed by atoms with Crippen molar-refractivity contribution >= 4 is 28.4 Å². The van der Waals surface area contributed by atoms with Crippen LogP contribution in [-0.4, -0.2) is 47.2 Å². The third-order valence-corrected chi connectivity index (χ3v) is 6.28. The molecule has 0 radical (unpaired) electrons. The number of halogens is 3. The van der Waals surface area contributed by atoms with E-state index in [1.807, 2.05) is 0 Å². The minimum absolute atomic E-state index is 0.0452. The van der Waals surface area contributed by atoms with Crippen molar-refractivity contribution in [1.29, 1.82) is 0 Å². The fourth-order valence-corrected chi connectivity index (χ4v) is 4.68. The number of hydrazine groups is 1. The monoisotopic (exact) mass is 486 g/mol. The van der Waals surface area contributed by atoms with Crippen molar-refractivity contribution in [3.63, 3.8) is 0 Å². The number of nitrogens with zero attached hydrogens (tertiary/aromatic N) is 2. The van der Waals surface area contributed by atoms with Crippen LogP contribution >= 0.6 is 0 Å². The molecule has 0 aliphatic carbocycles. The normalized spacial score (nSPS) is 22.4. The number of allylic oxidation sites excluding steroid dienone is 1. The molecule has 2 aliphatic heterocycles. The van der Waals surface area contributed by atoms with E-state index in [1.165, 1.54) is 20.1 Å². The van der Waals surface area contributed by atoms with E-state index in [0.717, 1.165) is 5.01 Å². The Morgan fingerprint density at radius 1 is 1.17 bits per heavy atom. The molecule has 2 aromatic carbocycles. The highest BCUT2D eigenvalue weighted by atomic mass is 19.4. The van der Waals surface area contributed by atoms with E-state index in [-0.39, 0.29) is 33.9 Å². The van der Waals surface area contributed by atoms with Crippen molar-refractivity contribution < 1.29 is 31.9 Å². The number of benzene rings is 2. The van der Waals surface area contributed by atoms with Crippen molar-refractivity contribution in [1.82, 2.24) is 20.7 Å². The van der Waals surface area contributed by atoms with Gasteiger partial charge in [0.05, 0.1) is 18.6 Å². The van der Waals surface area contributed by atoms with Crippen molar-refractivity contribution in [2.45, 2.75) is 38.1 Å². The first-order valence-corrected chi connectivity index (χ1v) is 10.8. The molecule has 0 saturated carbocycles. The van der Waals surface area contributed by atoms with E-state index >= 15 is 0 Å². The van der Waals surface area contributed by atoms with Gasteiger partial charge >= 0.3 is 6.18 Å². The molecule has 3 unspecified atom stereocenters. The maximum atomic E-state index is 14.0. The first-order chi connectivity index (χ1) is 16.6. The minimum atomic E-state index is -4.62. The zero-order valence-corrected chi connectivity index (χ0v) is 18.9. The number of carbonyl (C=O) groups is 2. The van der Waals surface area contributed by atoms with Crippen LogP contribution in [0.1, 0.15) is 41.6 Å². The van der Waals surface area contributed by atoms with Gasteiger partial charge in [-0.15, -0.1) is 0 Å².